The first kappa shape index (κ1) is 12.2. The predicted molar refractivity (Wildman–Crippen MR) is 53.3 cm³/mol. The molecule has 0 aromatic rings. The van der Waals surface area contributed by atoms with Gasteiger partial charge in [-0.15, -0.1) is 0 Å². The van der Waals surface area contributed by atoms with Gasteiger partial charge < -0.3 is 4.74 Å². The second kappa shape index (κ2) is 7.78. The fourth-order valence-corrected chi connectivity index (χ4v) is 0.833. The molecule has 0 saturated heterocycles. The Morgan fingerprint density at radius 2 is 2.38 bits per heavy atom. The van der Waals surface area contributed by atoms with Crippen molar-refractivity contribution in [3.8, 4) is 6.07 Å². The minimum atomic E-state index is -0.0478. The monoisotopic (exact) mass is 182 g/mol. The van der Waals surface area contributed by atoms with Crippen LogP contribution in [0.4, 0.5) is 0 Å². The molecule has 1 N–H and O–H groups in total. The maximum Gasteiger partial charge on any atom is 0.0951 e. The van der Waals surface area contributed by atoms with Gasteiger partial charge in [0.05, 0.1) is 25.3 Å². The van der Waals surface area contributed by atoms with Crippen LogP contribution in [0.25, 0.3) is 0 Å². The number of hydrogen-bond donors (Lipinski definition) is 1. The standard InChI is InChI=1S/C10H18N2O/c1-4-10(7-11)12-5-6-13-8-9(2)3/h10,12H,2,4-6,8H2,1,3H3. The Morgan fingerprint density at radius 1 is 1.69 bits per heavy atom. The molecule has 0 radical (unpaired) electrons. The van der Waals surface area contributed by atoms with Crippen LogP contribution in [0.3, 0.4) is 0 Å². The van der Waals surface area contributed by atoms with Gasteiger partial charge >= 0.3 is 0 Å². The third-order valence-electron chi connectivity index (χ3n) is 1.55. The molecule has 3 nitrogen and oxygen atoms in total. The van der Waals surface area contributed by atoms with E-state index >= 15 is 0 Å². The molecular weight excluding hydrogens is 164 g/mol. The zero-order valence-electron chi connectivity index (χ0n) is 8.47. The summed E-state index contributed by atoms with van der Waals surface area (Å²) in [5.41, 5.74) is 1.02. The summed E-state index contributed by atoms with van der Waals surface area (Å²) in [6.07, 6.45) is 0.830. The van der Waals surface area contributed by atoms with Gasteiger partial charge in [-0.2, -0.15) is 5.26 Å². The number of nitriles is 1. The van der Waals surface area contributed by atoms with Gasteiger partial charge in [-0.05, 0) is 13.3 Å². The van der Waals surface area contributed by atoms with Crippen LogP contribution in [0.5, 0.6) is 0 Å². The summed E-state index contributed by atoms with van der Waals surface area (Å²) in [6.45, 7) is 9.59. The molecule has 13 heavy (non-hydrogen) atoms. The zero-order chi connectivity index (χ0) is 10.1. The molecule has 1 unspecified atom stereocenters. The van der Waals surface area contributed by atoms with Gasteiger partial charge in [0.1, 0.15) is 0 Å². The smallest absolute Gasteiger partial charge is 0.0951 e. The zero-order valence-corrected chi connectivity index (χ0v) is 8.47. The molecule has 0 amide bonds. The van der Waals surface area contributed by atoms with E-state index in [0.717, 1.165) is 18.5 Å². The van der Waals surface area contributed by atoms with Gasteiger partial charge in [-0.1, -0.05) is 19.1 Å². The first-order chi connectivity index (χ1) is 6.20. The average Bonchev–Trinajstić information content (AvgIpc) is 2.11. The summed E-state index contributed by atoms with van der Waals surface area (Å²) in [6, 6.07) is 2.12. The molecule has 1 atom stereocenters. The lowest BCUT2D eigenvalue weighted by Gasteiger charge is -2.08. The lowest BCUT2D eigenvalue weighted by molar-refractivity contribution is 0.156. The van der Waals surface area contributed by atoms with Crippen molar-refractivity contribution in [2.45, 2.75) is 26.3 Å². The Morgan fingerprint density at radius 3 is 2.85 bits per heavy atom. The second-order valence-electron chi connectivity index (χ2n) is 3.05. The Balaban J connectivity index is 3.25. The molecule has 0 fully saturated rings. The SMILES string of the molecule is C=C(C)COCCNC(C#N)CC. The quantitative estimate of drug-likeness (QED) is 0.479. The molecule has 74 valence electrons. The van der Waals surface area contributed by atoms with E-state index in [1.54, 1.807) is 0 Å². The lowest BCUT2D eigenvalue weighted by Crippen LogP contribution is -2.30. The molecule has 0 spiro atoms. The normalized spacial score (nSPS) is 12.1. The Labute approximate surface area is 80.4 Å². The van der Waals surface area contributed by atoms with Crippen LogP contribution >= 0.6 is 0 Å². The molecule has 3 heteroatoms. The van der Waals surface area contributed by atoms with Crippen molar-refractivity contribution in [3.05, 3.63) is 12.2 Å². The minimum absolute atomic E-state index is 0.0478. The van der Waals surface area contributed by atoms with Gasteiger partial charge in [0.2, 0.25) is 0 Å². The Kier molecular flexibility index (Phi) is 7.27. The summed E-state index contributed by atoms with van der Waals surface area (Å²) in [5.74, 6) is 0. The molecule has 0 aromatic carbocycles. The number of rotatable bonds is 7. The number of hydrogen-bond acceptors (Lipinski definition) is 3. The van der Waals surface area contributed by atoms with E-state index in [9.17, 15) is 0 Å². The molecule has 0 aliphatic carbocycles. The molecule has 0 aromatic heterocycles. The van der Waals surface area contributed by atoms with Gasteiger partial charge in [0.25, 0.3) is 0 Å². The summed E-state index contributed by atoms with van der Waals surface area (Å²) in [5, 5.41) is 11.7. The topological polar surface area (TPSA) is 45.0 Å². The summed E-state index contributed by atoms with van der Waals surface area (Å²) < 4.78 is 5.26. The predicted octanol–water partition coefficient (Wildman–Crippen LogP) is 1.47. The van der Waals surface area contributed by atoms with Gasteiger partial charge in [-0.3, -0.25) is 5.32 Å². The van der Waals surface area contributed by atoms with E-state index in [1.807, 2.05) is 13.8 Å². The van der Waals surface area contributed by atoms with E-state index in [4.69, 9.17) is 10.00 Å². The van der Waals surface area contributed by atoms with Crippen molar-refractivity contribution in [3.63, 3.8) is 0 Å². The molecule has 0 saturated carbocycles. The number of nitrogens with zero attached hydrogens (tertiary/aromatic N) is 1. The average molecular weight is 182 g/mol. The van der Waals surface area contributed by atoms with Crippen LogP contribution in [-0.2, 0) is 4.74 Å². The van der Waals surface area contributed by atoms with E-state index < -0.39 is 0 Å². The van der Waals surface area contributed by atoms with Crippen LogP contribution in [0.15, 0.2) is 12.2 Å². The highest BCUT2D eigenvalue weighted by molar-refractivity contribution is 4.89. The van der Waals surface area contributed by atoms with E-state index in [2.05, 4.69) is 18.0 Å². The largest absolute Gasteiger partial charge is 0.376 e. The van der Waals surface area contributed by atoms with Crippen LogP contribution in [0, 0.1) is 11.3 Å². The van der Waals surface area contributed by atoms with Crippen LogP contribution in [0.2, 0.25) is 0 Å². The Hall–Kier alpha value is -0.850. The highest BCUT2D eigenvalue weighted by Crippen LogP contribution is 1.89. The first-order valence-corrected chi connectivity index (χ1v) is 4.55. The van der Waals surface area contributed by atoms with Crippen molar-refractivity contribution < 1.29 is 4.74 Å². The van der Waals surface area contributed by atoms with Crippen LogP contribution in [0.1, 0.15) is 20.3 Å². The molecule has 0 aliphatic rings. The number of ether oxygens (including phenoxy) is 1. The van der Waals surface area contributed by atoms with E-state index in [-0.39, 0.29) is 6.04 Å². The first-order valence-electron chi connectivity index (χ1n) is 4.55. The van der Waals surface area contributed by atoms with Gasteiger partial charge in [-0.25, -0.2) is 0 Å². The van der Waals surface area contributed by atoms with Crippen molar-refractivity contribution >= 4 is 0 Å². The van der Waals surface area contributed by atoms with Crippen molar-refractivity contribution in [1.82, 2.24) is 5.32 Å². The van der Waals surface area contributed by atoms with Crippen molar-refractivity contribution in [1.29, 1.82) is 5.26 Å². The minimum Gasteiger partial charge on any atom is -0.376 e. The summed E-state index contributed by atoms with van der Waals surface area (Å²) in [7, 11) is 0. The van der Waals surface area contributed by atoms with E-state index in [0.29, 0.717) is 13.2 Å². The maximum absolute atomic E-state index is 8.60. The maximum atomic E-state index is 8.60. The number of nitrogens with one attached hydrogen (secondary N) is 1. The van der Waals surface area contributed by atoms with Crippen molar-refractivity contribution in [2.24, 2.45) is 0 Å². The molecule has 0 rings (SSSR count). The van der Waals surface area contributed by atoms with Gasteiger partial charge in [0, 0.05) is 6.54 Å². The molecule has 0 bridgehead atoms. The highest BCUT2D eigenvalue weighted by atomic mass is 16.5. The summed E-state index contributed by atoms with van der Waals surface area (Å²) in [4.78, 5) is 0. The van der Waals surface area contributed by atoms with Crippen molar-refractivity contribution in [2.75, 3.05) is 19.8 Å². The van der Waals surface area contributed by atoms with Crippen LogP contribution in [-0.4, -0.2) is 25.8 Å². The second-order valence-corrected chi connectivity index (χ2v) is 3.05. The third-order valence-corrected chi connectivity index (χ3v) is 1.55. The van der Waals surface area contributed by atoms with Gasteiger partial charge in [0.15, 0.2) is 0 Å². The molecule has 0 heterocycles. The fraction of sp³-hybridized carbons (Fsp3) is 0.700. The molecular formula is C10H18N2O. The highest BCUT2D eigenvalue weighted by Gasteiger charge is 2.00. The Bertz CT molecular complexity index is 184. The fourth-order valence-electron chi connectivity index (χ4n) is 0.833. The lowest BCUT2D eigenvalue weighted by atomic mass is 10.2. The van der Waals surface area contributed by atoms with Crippen LogP contribution < -0.4 is 5.32 Å². The molecule has 0 aliphatic heterocycles. The van der Waals surface area contributed by atoms with E-state index in [1.165, 1.54) is 0 Å². The summed E-state index contributed by atoms with van der Waals surface area (Å²) >= 11 is 0. The third kappa shape index (κ3) is 7.51.